The second-order valence-electron chi connectivity index (χ2n) is 3.56. The summed E-state index contributed by atoms with van der Waals surface area (Å²) >= 11 is 6.03. The fraction of sp³-hybridized carbons (Fsp3) is 0.667. The second-order valence-corrected chi connectivity index (χ2v) is 3.90. The van der Waals surface area contributed by atoms with Gasteiger partial charge in [-0.15, -0.1) is 0 Å². The average Bonchev–Trinajstić information content (AvgIpc) is 2.43. The van der Waals surface area contributed by atoms with Crippen molar-refractivity contribution in [2.45, 2.75) is 32.2 Å². The van der Waals surface area contributed by atoms with Gasteiger partial charge >= 0.3 is 0 Å². The molecule has 0 amide bonds. The van der Waals surface area contributed by atoms with Crippen molar-refractivity contribution < 1.29 is 0 Å². The van der Waals surface area contributed by atoms with Crippen LogP contribution in [0.5, 0.6) is 0 Å². The maximum atomic E-state index is 6.03. The third kappa shape index (κ3) is 1.36. The Hall–Kier alpha value is -0.540. The lowest BCUT2D eigenvalue weighted by molar-refractivity contribution is 0.409. The molecule has 1 atom stereocenters. The molecule has 1 unspecified atom stereocenters. The molecular formula is C9H14ClN3. The van der Waals surface area contributed by atoms with Gasteiger partial charge < -0.3 is 10.3 Å². The van der Waals surface area contributed by atoms with Crippen molar-refractivity contribution in [2.24, 2.45) is 5.73 Å². The molecule has 1 aromatic rings. The lowest BCUT2D eigenvalue weighted by Crippen LogP contribution is -2.24. The van der Waals surface area contributed by atoms with E-state index < -0.39 is 0 Å². The number of hydrogen-bond donors (Lipinski definition) is 1. The average molecular weight is 200 g/mol. The van der Waals surface area contributed by atoms with Crippen LogP contribution >= 0.6 is 11.6 Å². The van der Waals surface area contributed by atoms with Crippen LogP contribution in [0.3, 0.4) is 0 Å². The molecule has 2 N–H and O–H groups in total. The molecule has 1 aliphatic rings. The van der Waals surface area contributed by atoms with Crippen LogP contribution in [0, 0.1) is 6.92 Å². The van der Waals surface area contributed by atoms with Gasteiger partial charge in [0, 0.05) is 18.3 Å². The fourth-order valence-corrected chi connectivity index (χ4v) is 2.44. The quantitative estimate of drug-likeness (QED) is 0.748. The standard InChI is InChI=1S/C9H14ClN3/c1-6-8-4-2-3-7(5-11)13(8)9(10)12-6/h7H,2-5,11H2,1H3. The fourth-order valence-electron chi connectivity index (χ4n) is 2.07. The first kappa shape index (κ1) is 9.03. The van der Waals surface area contributed by atoms with Crippen LogP contribution in [0.25, 0.3) is 0 Å². The highest BCUT2D eigenvalue weighted by molar-refractivity contribution is 6.28. The number of aryl methyl sites for hydroxylation is 1. The lowest BCUT2D eigenvalue weighted by Gasteiger charge is -2.25. The molecule has 1 aromatic heterocycles. The smallest absolute Gasteiger partial charge is 0.203 e. The first-order valence-corrected chi connectivity index (χ1v) is 5.05. The van der Waals surface area contributed by atoms with Crippen LogP contribution in [0.4, 0.5) is 0 Å². The van der Waals surface area contributed by atoms with Gasteiger partial charge in [-0.2, -0.15) is 0 Å². The monoisotopic (exact) mass is 199 g/mol. The predicted molar refractivity (Wildman–Crippen MR) is 53.0 cm³/mol. The predicted octanol–water partition coefficient (Wildman–Crippen LogP) is 1.68. The van der Waals surface area contributed by atoms with Gasteiger partial charge in [0.15, 0.2) is 0 Å². The Labute approximate surface area is 82.9 Å². The molecule has 72 valence electrons. The highest BCUT2D eigenvalue weighted by Gasteiger charge is 2.23. The van der Waals surface area contributed by atoms with Gasteiger partial charge in [0.1, 0.15) is 0 Å². The van der Waals surface area contributed by atoms with Crippen LogP contribution < -0.4 is 5.73 Å². The minimum absolute atomic E-state index is 0.359. The van der Waals surface area contributed by atoms with Gasteiger partial charge in [0.2, 0.25) is 5.28 Å². The van der Waals surface area contributed by atoms with E-state index in [9.17, 15) is 0 Å². The summed E-state index contributed by atoms with van der Waals surface area (Å²) in [5, 5.41) is 0.600. The van der Waals surface area contributed by atoms with Crippen molar-refractivity contribution in [3.8, 4) is 0 Å². The van der Waals surface area contributed by atoms with Gasteiger partial charge in [-0.3, -0.25) is 0 Å². The molecule has 0 spiro atoms. The normalized spacial score (nSPS) is 21.6. The Bertz CT molecular complexity index is 319. The van der Waals surface area contributed by atoms with Gasteiger partial charge in [-0.25, -0.2) is 4.98 Å². The molecule has 2 rings (SSSR count). The number of halogens is 1. The van der Waals surface area contributed by atoms with E-state index in [1.54, 1.807) is 0 Å². The summed E-state index contributed by atoms with van der Waals surface area (Å²) in [6.45, 7) is 2.67. The highest BCUT2D eigenvalue weighted by Crippen LogP contribution is 2.29. The summed E-state index contributed by atoms with van der Waals surface area (Å²) in [5.41, 5.74) is 8.02. The molecular weight excluding hydrogens is 186 g/mol. The van der Waals surface area contributed by atoms with Gasteiger partial charge in [-0.1, -0.05) is 0 Å². The Morgan fingerprint density at radius 3 is 3.15 bits per heavy atom. The van der Waals surface area contributed by atoms with Crippen molar-refractivity contribution >= 4 is 11.6 Å². The summed E-state index contributed by atoms with van der Waals surface area (Å²) in [4.78, 5) is 4.26. The number of rotatable bonds is 1. The Kier molecular flexibility index (Phi) is 2.30. The first-order chi connectivity index (χ1) is 6.24. The molecule has 4 heteroatoms. The SMILES string of the molecule is Cc1nc(Cl)n2c1CCCC2CN. The number of fused-ring (bicyclic) bond motifs is 1. The molecule has 0 fully saturated rings. The summed E-state index contributed by atoms with van der Waals surface area (Å²) in [6.07, 6.45) is 3.41. The topological polar surface area (TPSA) is 43.8 Å². The van der Waals surface area contributed by atoms with Gasteiger partial charge in [0.25, 0.3) is 0 Å². The summed E-state index contributed by atoms with van der Waals surface area (Å²) in [7, 11) is 0. The zero-order chi connectivity index (χ0) is 9.42. The lowest BCUT2D eigenvalue weighted by atomic mass is 10.0. The molecule has 0 saturated carbocycles. The van der Waals surface area contributed by atoms with Crippen molar-refractivity contribution in [3.63, 3.8) is 0 Å². The Balaban J connectivity index is 2.48. The minimum Gasteiger partial charge on any atom is -0.328 e. The van der Waals surface area contributed by atoms with E-state index in [0.29, 0.717) is 17.9 Å². The largest absolute Gasteiger partial charge is 0.328 e. The van der Waals surface area contributed by atoms with Crippen LogP contribution in [-0.4, -0.2) is 16.1 Å². The van der Waals surface area contributed by atoms with E-state index in [0.717, 1.165) is 18.5 Å². The summed E-state index contributed by atoms with van der Waals surface area (Å²) in [6, 6.07) is 0.359. The first-order valence-electron chi connectivity index (χ1n) is 4.67. The van der Waals surface area contributed by atoms with E-state index in [2.05, 4.69) is 9.55 Å². The Morgan fingerprint density at radius 2 is 2.46 bits per heavy atom. The molecule has 13 heavy (non-hydrogen) atoms. The number of hydrogen-bond acceptors (Lipinski definition) is 2. The van der Waals surface area contributed by atoms with Gasteiger partial charge in [0.05, 0.1) is 5.69 Å². The van der Waals surface area contributed by atoms with E-state index in [4.69, 9.17) is 17.3 Å². The maximum absolute atomic E-state index is 6.03. The van der Waals surface area contributed by atoms with Crippen LogP contribution in [0.2, 0.25) is 5.28 Å². The summed E-state index contributed by atoms with van der Waals surface area (Å²) < 4.78 is 2.10. The zero-order valence-electron chi connectivity index (χ0n) is 7.76. The zero-order valence-corrected chi connectivity index (χ0v) is 8.51. The molecule has 0 saturated heterocycles. The molecule has 0 aliphatic carbocycles. The van der Waals surface area contributed by atoms with E-state index >= 15 is 0 Å². The maximum Gasteiger partial charge on any atom is 0.203 e. The van der Waals surface area contributed by atoms with E-state index in [-0.39, 0.29) is 0 Å². The van der Waals surface area contributed by atoms with Gasteiger partial charge in [-0.05, 0) is 37.8 Å². The third-order valence-corrected chi connectivity index (χ3v) is 3.02. The molecule has 0 radical (unpaired) electrons. The van der Waals surface area contributed by atoms with E-state index in [1.807, 2.05) is 6.92 Å². The molecule has 0 aromatic carbocycles. The van der Waals surface area contributed by atoms with Crippen LogP contribution in [-0.2, 0) is 6.42 Å². The highest BCUT2D eigenvalue weighted by atomic mass is 35.5. The molecule has 1 aliphatic heterocycles. The van der Waals surface area contributed by atoms with Crippen LogP contribution in [0.15, 0.2) is 0 Å². The van der Waals surface area contributed by atoms with Crippen molar-refractivity contribution in [1.29, 1.82) is 0 Å². The minimum atomic E-state index is 0.359. The van der Waals surface area contributed by atoms with Crippen molar-refractivity contribution in [2.75, 3.05) is 6.54 Å². The number of nitrogens with two attached hydrogens (primary N) is 1. The van der Waals surface area contributed by atoms with Crippen molar-refractivity contribution in [1.82, 2.24) is 9.55 Å². The molecule has 2 heterocycles. The third-order valence-electron chi connectivity index (χ3n) is 2.76. The molecule has 0 bridgehead atoms. The van der Waals surface area contributed by atoms with Crippen LogP contribution in [0.1, 0.15) is 30.3 Å². The number of imidazole rings is 1. The van der Waals surface area contributed by atoms with E-state index in [1.165, 1.54) is 12.1 Å². The van der Waals surface area contributed by atoms with Crippen molar-refractivity contribution in [3.05, 3.63) is 16.7 Å². The Morgan fingerprint density at radius 1 is 1.69 bits per heavy atom. The number of nitrogens with zero attached hydrogens (tertiary/aromatic N) is 2. The number of aromatic nitrogens is 2. The summed E-state index contributed by atoms with van der Waals surface area (Å²) in [5.74, 6) is 0. The second kappa shape index (κ2) is 3.31. The molecule has 3 nitrogen and oxygen atoms in total.